The van der Waals surface area contributed by atoms with Crippen LogP contribution < -0.4 is 14.8 Å². The van der Waals surface area contributed by atoms with Crippen molar-refractivity contribution in [2.24, 2.45) is 0 Å². The van der Waals surface area contributed by atoms with Gasteiger partial charge in [0.05, 0.1) is 4.91 Å². The summed E-state index contributed by atoms with van der Waals surface area (Å²) in [4.78, 5) is 12.3. The molecule has 1 amide bonds. The Morgan fingerprint density at radius 1 is 1.08 bits per heavy atom. The summed E-state index contributed by atoms with van der Waals surface area (Å²) in [5.74, 6) is 1.41. The number of benzene rings is 2. The van der Waals surface area contributed by atoms with Crippen molar-refractivity contribution >= 4 is 40.3 Å². The Morgan fingerprint density at radius 3 is 2.40 bits per heavy atom. The molecule has 128 valence electrons. The van der Waals surface area contributed by atoms with Gasteiger partial charge in [-0.25, -0.2) is 0 Å². The Bertz CT molecular complexity index is 833. The van der Waals surface area contributed by atoms with E-state index in [2.05, 4.69) is 5.32 Å². The number of ether oxygens (including phenoxy) is 2. The number of hydrogen-bond donors (Lipinski definition) is 1. The van der Waals surface area contributed by atoms with Crippen LogP contribution in [0.1, 0.15) is 11.1 Å². The topological polar surface area (TPSA) is 47.6 Å². The molecule has 2 aromatic carbocycles. The smallest absolute Gasteiger partial charge is 0.263 e. The van der Waals surface area contributed by atoms with Gasteiger partial charge in [0.15, 0.2) is 0 Å². The molecule has 0 atom stereocenters. The maximum absolute atomic E-state index is 11.7. The van der Waals surface area contributed by atoms with Gasteiger partial charge < -0.3 is 14.8 Å². The summed E-state index contributed by atoms with van der Waals surface area (Å²) >= 11 is 6.25. The highest BCUT2D eigenvalue weighted by molar-refractivity contribution is 8.26. The van der Waals surface area contributed by atoms with Gasteiger partial charge in [-0.1, -0.05) is 48.2 Å². The van der Waals surface area contributed by atoms with Gasteiger partial charge in [0, 0.05) is 0 Å². The van der Waals surface area contributed by atoms with E-state index in [9.17, 15) is 4.79 Å². The summed E-state index contributed by atoms with van der Waals surface area (Å²) in [6.45, 7) is 2.92. The van der Waals surface area contributed by atoms with Crippen molar-refractivity contribution < 1.29 is 14.3 Å². The zero-order valence-corrected chi connectivity index (χ0v) is 15.3. The Kier molecular flexibility index (Phi) is 5.73. The second-order valence-electron chi connectivity index (χ2n) is 5.44. The Hall–Kier alpha value is -2.31. The van der Waals surface area contributed by atoms with Crippen molar-refractivity contribution in [1.82, 2.24) is 5.32 Å². The monoisotopic (exact) mass is 371 g/mol. The van der Waals surface area contributed by atoms with E-state index < -0.39 is 0 Å². The molecule has 1 aliphatic heterocycles. The summed E-state index contributed by atoms with van der Waals surface area (Å²) in [5, 5.41) is 2.60. The highest BCUT2D eigenvalue weighted by Gasteiger charge is 2.21. The molecule has 6 heteroatoms. The number of amides is 1. The van der Waals surface area contributed by atoms with Crippen molar-refractivity contribution in [2.45, 2.75) is 6.92 Å². The number of aryl methyl sites for hydroxylation is 1. The van der Waals surface area contributed by atoms with Crippen LogP contribution in [0.3, 0.4) is 0 Å². The van der Waals surface area contributed by atoms with E-state index in [1.165, 1.54) is 11.8 Å². The molecule has 2 aromatic rings. The molecule has 1 saturated heterocycles. The fourth-order valence-electron chi connectivity index (χ4n) is 2.29. The fourth-order valence-corrected chi connectivity index (χ4v) is 3.33. The first-order valence-corrected chi connectivity index (χ1v) is 9.00. The summed E-state index contributed by atoms with van der Waals surface area (Å²) in [6.07, 6.45) is 1.80. The lowest BCUT2D eigenvalue weighted by Gasteiger charge is -2.09. The molecule has 25 heavy (non-hydrogen) atoms. The molecule has 0 unspecified atom stereocenters. The lowest BCUT2D eigenvalue weighted by atomic mass is 10.2. The Morgan fingerprint density at radius 2 is 1.76 bits per heavy atom. The highest BCUT2D eigenvalue weighted by Crippen LogP contribution is 2.26. The van der Waals surface area contributed by atoms with E-state index in [0.29, 0.717) is 22.4 Å². The Balaban J connectivity index is 1.54. The molecule has 1 aliphatic rings. The van der Waals surface area contributed by atoms with Crippen LogP contribution in [-0.4, -0.2) is 23.4 Å². The third-order valence-corrected chi connectivity index (χ3v) is 4.57. The maximum atomic E-state index is 11.7. The van der Waals surface area contributed by atoms with E-state index in [4.69, 9.17) is 21.7 Å². The van der Waals surface area contributed by atoms with E-state index in [1.807, 2.05) is 55.5 Å². The third kappa shape index (κ3) is 5.08. The molecular formula is C19H17NO3S2. The van der Waals surface area contributed by atoms with E-state index in [-0.39, 0.29) is 5.91 Å². The molecule has 1 N–H and O–H groups in total. The number of carbonyl (C=O) groups is 1. The maximum Gasteiger partial charge on any atom is 0.263 e. The van der Waals surface area contributed by atoms with Crippen LogP contribution >= 0.6 is 24.0 Å². The van der Waals surface area contributed by atoms with Gasteiger partial charge in [0.2, 0.25) is 0 Å². The summed E-state index contributed by atoms with van der Waals surface area (Å²) in [7, 11) is 0. The number of carbonyl (C=O) groups excluding carboxylic acids is 1. The first-order chi connectivity index (χ1) is 12.1. The van der Waals surface area contributed by atoms with Crippen molar-refractivity contribution in [3.63, 3.8) is 0 Å². The van der Waals surface area contributed by atoms with Crippen LogP contribution in [0.4, 0.5) is 0 Å². The lowest BCUT2D eigenvalue weighted by Crippen LogP contribution is -2.17. The summed E-state index contributed by atoms with van der Waals surface area (Å²) in [6, 6.07) is 15.5. The quantitative estimate of drug-likeness (QED) is 0.473. The SMILES string of the molecule is Cc1cccc(OCCOc2cccc(C=C3SC(=S)NC3=O)c2)c1. The summed E-state index contributed by atoms with van der Waals surface area (Å²) in [5.41, 5.74) is 2.05. The number of rotatable bonds is 6. The van der Waals surface area contributed by atoms with Gasteiger partial charge >= 0.3 is 0 Å². The van der Waals surface area contributed by atoms with Crippen molar-refractivity contribution in [3.8, 4) is 11.5 Å². The van der Waals surface area contributed by atoms with Crippen LogP contribution in [0.5, 0.6) is 11.5 Å². The molecule has 0 bridgehead atoms. The average molecular weight is 371 g/mol. The van der Waals surface area contributed by atoms with E-state index in [1.54, 1.807) is 6.08 Å². The molecular weight excluding hydrogens is 354 g/mol. The standard InChI is InChI=1S/C19H17NO3S2/c1-13-4-2-6-15(10-13)22-8-9-23-16-7-3-5-14(11-16)12-17-18(21)20-19(24)25-17/h2-7,10-12H,8-9H2,1H3,(H,20,21,24). The molecule has 0 aliphatic carbocycles. The number of thioether (sulfide) groups is 1. The molecule has 0 spiro atoms. The number of hydrogen-bond acceptors (Lipinski definition) is 5. The van der Waals surface area contributed by atoms with E-state index in [0.717, 1.165) is 22.6 Å². The number of nitrogens with one attached hydrogen (secondary N) is 1. The third-order valence-electron chi connectivity index (χ3n) is 3.41. The molecule has 0 aromatic heterocycles. The minimum Gasteiger partial charge on any atom is -0.490 e. The average Bonchev–Trinajstić information content (AvgIpc) is 2.89. The first kappa shape index (κ1) is 17.5. The van der Waals surface area contributed by atoms with Crippen LogP contribution in [-0.2, 0) is 4.79 Å². The predicted octanol–water partition coefficient (Wildman–Crippen LogP) is 3.94. The van der Waals surface area contributed by atoms with Crippen molar-refractivity contribution in [3.05, 3.63) is 64.6 Å². The minimum absolute atomic E-state index is 0.159. The Labute approximate surface area is 156 Å². The van der Waals surface area contributed by atoms with Crippen LogP contribution in [0, 0.1) is 6.92 Å². The molecule has 1 fully saturated rings. The van der Waals surface area contributed by atoms with Crippen LogP contribution in [0.2, 0.25) is 0 Å². The van der Waals surface area contributed by atoms with Gasteiger partial charge in [0.25, 0.3) is 5.91 Å². The molecule has 0 saturated carbocycles. The van der Waals surface area contributed by atoms with Crippen LogP contribution in [0.25, 0.3) is 6.08 Å². The lowest BCUT2D eigenvalue weighted by molar-refractivity contribution is -0.115. The van der Waals surface area contributed by atoms with E-state index >= 15 is 0 Å². The molecule has 3 rings (SSSR count). The largest absolute Gasteiger partial charge is 0.490 e. The molecule has 0 radical (unpaired) electrons. The predicted molar refractivity (Wildman–Crippen MR) is 105 cm³/mol. The molecule has 4 nitrogen and oxygen atoms in total. The van der Waals surface area contributed by atoms with Crippen molar-refractivity contribution in [1.29, 1.82) is 0 Å². The number of thiocarbonyl (C=S) groups is 1. The minimum atomic E-state index is -0.159. The van der Waals surface area contributed by atoms with Crippen LogP contribution in [0.15, 0.2) is 53.4 Å². The van der Waals surface area contributed by atoms with Gasteiger partial charge in [-0.15, -0.1) is 0 Å². The van der Waals surface area contributed by atoms with Gasteiger partial charge in [-0.3, -0.25) is 4.79 Å². The molecule has 1 heterocycles. The normalized spacial score (nSPS) is 15.3. The fraction of sp³-hybridized carbons (Fsp3) is 0.158. The van der Waals surface area contributed by atoms with Crippen molar-refractivity contribution in [2.75, 3.05) is 13.2 Å². The van der Waals surface area contributed by atoms with Gasteiger partial charge in [-0.2, -0.15) is 0 Å². The zero-order valence-electron chi connectivity index (χ0n) is 13.7. The van der Waals surface area contributed by atoms with Gasteiger partial charge in [0.1, 0.15) is 29.0 Å². The van der Waals surface area contributed by atoms with Gasteiger partial charge in [-0.05, 0) is 48.4 Å². The summed E-state index contributed by atoms with van der Waals surface area (Å²) < 4.78 is 11.9. The second kappa shape index (κ2) is 8.18. The first-order valence-electron chi connectivity index (χ1n) is 7.77. The highest BCUT2D eigenvalue weighted by atomic mass is 32.2. The second-order valence-corrected chi connectivity index (χ2v) is 7.16. The zero-order chi connectivity index (χ0) is 17.6.